The summed E-state index contributed by atoms with van der Waals surface area (Å²) in [5, 5.41) is 10.7. The van der Waals surface area contributed by atoms with E-state index in [0.717, 1.165) is 24.1 Å². The molecule has 0 radical (unpaired) electrons. The molecule has 0 aliphatic heterocycles. The second kappa shape index (κ2) is 9.05. The maximum absolute atomic E-state index is 10.7. The number of nitro benzene ring substituents is 1. The van der Waals surface area contributed by atoms with E-state index in [9.17, 15) is 10.1 Å². The SMILES string of the molecule is COc1cc(CCN(C)Cc2ccc([N+](=O)[O-])cc2)cc(OC)c1OC. The number of benzene rings is 2. The van der Waals surface area contributed by atoms with Gasteiger partial charge in [-0.2, -0.15) is 0 Å². The van der Waals surface area contributed by atoms with E-state index in [1.54, 1.807) is 33.5 Å². The van der Waals surface area contributed by atoms with Gasteiger partial charge in [0.1, 0.15) is 0 Å². The number of ether oxygens (including phenoxy) is 3. The molecule has 0 spiro atoms. The number of hydrogen-bond donors (Lipinski definition) is 0. The second-order valence-corrected chi connectivity index (χ2v) is 5.94. The minimum absolute atomic E-state index is 0.105. The average Bonchev–Trinajstić information content (AvgIpc) is 2.65. The molecule has 2 aromatic rings. The summed E-state index contributed by atoms with van der Waals surface area (Å²) in [6.45, 7) is 1.53. The average molecular weight is 360 g/mol. The Balaban J connectivity index is 2.00. The van der Waals surface area contributed by atoms with Gasteiger partial charge >= 0.3 is 0 Å². The molecule has 140 valence electrons. The van der Waals surface area contributed by atoms with Crippen LogP contribution in [0, 0.1) is 10.1 Å². The fraction of sp³-hybridized carbons (Fsp3) is 0.368. The Morgan fingerprint density at radius 1 is 0.962 bits per heavy atom. The standard InChI is InChI=1S/C19H24N2O5/c1-20(13-14-5-7-16(8-6-14)21(22)23)10-9-15-11-17(24-2)19(26-4)18(12-15)25-3/h5-8,11-12H,9-10,13H2,1-4H3. The van der Waals surface area contributed by atoms with Crippen molar-refractivity contribution in [3.8, 4) is 17.2 Å². The highest BCUT2D eigenvalue weighted by Crippen LogP contribution is 2.38. The van der Waals surface area contributed by atoms with Gasteiger partial charge in [0.25, 0.3) is 5.69 Å². The van der Waals surface area contributed by atoms with Crippen LogP contribution < -0.4 is 14.2 Å². The highest BCUT2D eigenvalue weighted by Gasteiger charge is 2.13. The molecule has 0 saturated carbocycles. The predicted molar refractivity (Wildman–Crippen MR) is 99.2 cm³/mol. The van der Waals surface area contributed by atoms with Crippen molar-refractivity contribution in [1.29, 1.82) is 0 Å². The summed E-state index contributed by atoms with van der Waals surface area (Å²) in [6, 6.07) is 10.5. The van der Waals surface area contributed by atoms with Crippen molar-refractivity contribution in [2.24, 2.45) is 0 Å². The van der Waals surface area contributed by atoms with Gasteiger partial charge in [0, 0.05) is 25.2 Å². The maximum atomic E-state index is 10.7. The Labute approximate surface area is 153 Å². The first-order valence-corrected chi connectivity index (χ1v) is 8.19. The van der Waals surface area contributed by atoms with Crippen LogP contribution in [-0.2, 0) is 13.0 Å². The van der Waals surface area contributed by atoms with E-state index >= 15 is 0 Å². The van der Waals surface area contributed by atoms with E-state index in [1.807, 2.05) is 19.2 Å². The molecule has 2 rings (SSSR count). The zero-order chi connectivity index (χ0) is 19.1. The molecule has 2 aromatic carbocycles. The van der Waals surface area contributed by atoms with Crippen LogP contribution in [0.15, 0.2) is 36.4 Å². The molecule has 0 aliphatic carbocycles. The van der Waals surface area contributed by atoms with Gasteiger partial charge in [-0.15, -0.1) is 0 Å². The van der Waals surface area contributed by atoms with Gasteiger partial charge in [-0.05, 0) is 36.7 Å². The lowest BCUT2D eigenvalue weighted by Gasteiger charge is -2.18. The highest BCUT2D eigenvalue weighted by atomic mass is 16.6. The number of nitro groups is 1. The van der Waals surface area contributed by atoms with E-state index in [4.69, 9.17) is 14.2 Å². The second-order valence-electron chi connectivity index (χ2n) is 5.94. The van der Waals surface area contributed by atoms with Crippen molar-refractivity contribution < 1.29 is 19.1 Å². The number of methoxy groups -OCH3 is 3. The maximum Gasteiger partial charge on any atom is 0.269 e. The van der Waals surface area contributed by atoms with Crippen LogP contribution in [0.1, 0.15) is 11.1 Å². The van der Waals surface area contributed by atoms with Gasteiger partial charge in [0.15, 0.2) is 11.5 Å². The normalized spacial score (nSPS) is 10.7. The van der Waals surface area contributed by atoms with Crippen molar-refractivity contribution in [3.05, 3.63) is 57.6 Å². The summed E-state index contributed by atoms with van der Waals surface area (Å²) in [7, 11) is 6.79. The van der Waals surface area contributed by atoms with Crippen LogP contribution in [0.4, 0.5) is 5.69 Å². The largest absolute Gasteiger partial charge is 0.493 e. The smallest absolute Gasteiger partial charge is 0.269 e. The molecule has 0 unspecified atom stereocenters. The lowest BCUT2D eigenvalue weighted by Crippen LogP contribution is -2.20. The highest BCUT2D eigenvalue weighted by molar-refractivity contribution is 5.53. The van der Waals surface area contributed by atoms with E-state index in [0.29, 0.717) is 23.8 Å². The van der Waals surface area contributed by atoms with Crippen LogP contribution in [0.5, 0.6) is 17.2 Å². The molecular weight excluding hydrogens is 336 g/mol. The van der Waals surface area contributed by atoms with Crippen molar-refractivity contribution in [3.63, 3.8) is 0 Å². The Morgan fingerprint density at radius 3 is 2.00 bits per heavy atom. The molecule has 0 N–H and O–H groups in total. The van der Waals surface area contributed by atoms with Gasteiger partial charge in [-0.25, -0.2) is 0 Å². The number of nitrogens with zero attached hydrogens (tertiary/aromatic N) is 2. The third kappa shape index (κ3) is 4.86. The first-order valence-electron chi connectivity index (χ1n) is 8.19. The van der Waals surface area contributed by atoms with Gasteiger partial charge < -0.3 is 19.1 Å². The molecule has 0 amide bonds. The van der Waals surface area contributed by atoms with Crippen LogP contribution in [0.2, 0.25) is 0 Å². The minimum atomic E-state index is -0.391. The summed E-state index contributed by atoms with van der Waals surface area (Å²) < 4.78 is 16.1. The first-order chi connectivity index (χ1) is 12.5. The summed E-state index contributed by atoms with van der Waals surface area (Å²) in [6.07, 6.45) is 0.806. The molecule has 0 heterocycles. The number of non-ortho nitro benzene ring substituents is 1. The predicted octanol–water partition coefficient (Wildman–Crippen LogP) is 3.30. The topological polar surface area (TPSA) is 74.1 Å². The Morgan fingerprint density at radius 2 is 1.54 bits per heavy atom. The summed E-state index contributed by atoms with van der Waals surface area (Å²) >= 11 is 0. The van der Waals surface area contributed by atoms with Crippen LogP contribution >= 0.6 is 0 Å². The van der Waals surface area contributed by atoms with E-state index in [-0.39, 0.29) is 5.69 Å². The van der Waals surface area contributed by atoms with Gasteiger partial charge in [0.05, 0.1) is 26.3 Å². The van der Waals surface area contributed by atoms with Crippen LogP contribution in [0.25, 0.3) is 0 Å². The van der Waals surface area contributed by atoms with E-state index in [2.05, 4.69) is 4.90 Å². The zero-order valence-corrected chi connectivity index (χ0v) is 15.5. The van der Waals surface area contributed by atoms with E-state index in [1.165, 1.54) is 12.1 Å². The summed E-state index contributed by atoms with van der Waals surface area (Å²) in [5.74, 6) is 1.86. The van der Waals surface area contributed by atoms with Gasteiger partial charge in [-0.1, -0.05) is 12.1 Å². The van der Waals surface area contributed by atoms with Crippen LogP contribution in [0.3, 0.4) is 0 Å². The lowest BCUT2D eigenvalue weighted by molar-refractivity contribution is -0.384. The monoisotopic (exact) mass is 360 g/mol. The van der Waals surface area contributed by atoms with E-state index < -0.39 is 4.92 Å². The minimum Gasteiger partial charge on any atom is -0.493 e. The quantitative estimate of drug-likeness (QED) is 0.505. The molecular formula is C19H24N2O5. The molecule has 0 aliphatic rings. The zero-order valence-electron chi connectivity index (χ0n) is 15.5. The third-order valence-corrected chi connectivity index (χ3v) is 4.11. The molecule has 0 bridgehead atoms. The molecule has 0 saturated heterocycles. The van der Waals surface area contributed by atoms with Crippen LogP contribution in [-0.4, -0.2) is 44.7 Å². The lowest BCUT2D eigenvalue weighted by atomic mass is 10.1. The number of likely N-dealkylation sites (N-methyl/N-ethyl adjacent to an activating group) is 1. The molecule has 7 nitrogen and oxygen atoms in total. The Hall–Kier alpha value is -2.80. The molecule has 0 atom stereocenters. The number of rotatable bonds is 9. The number of hydrogen-bond acceptors (Lipinski definition) is 6. The van der Waals surface area contributed by atoms with Crippen molar-refractivity contribution in [2.75, 3.05) is 34.9 Å². The molecule has 0 fully saturated rings. The Bertz CT molecular complexity index is 721. The van der Waals surface area contributed by atoms with Crippen molar-refractivity contribution in [2.45, 2.75) is 13.0 Å². The molecule has 7 heteroatoms. The van der Waals surface area contributed by atoms with Gasteiger partial charge in [0.2, 0.25) is 5.75 Å². The fourth-order valence-corrected chi connectivity index (χ4v) is 2.71. The summed E-state index contributed by atoms with van der Waals surface area (Å²) in [5.41, 5.74) is 2.21. The van der Waals surface area contributed by atoms with Gasteiger partial charge in [-0.3, -0.25) is 10.1 Å². The Kier molecular flexibility index (Phi) is 6.80. The molecule has 0 aromatic heterocycles. The first kappa shape index (κ1) is 19.5. The summed E-state index contributed by atoms with van der Waals surface area (Å²) in [4.78, 5) is 12.5. The van der Waals surface area contributed by atoms with Crippen molar-refractivity contribution in [1.82, 2.24) is 4.90 Å². The third-order valence-electron chi connectivity index (χ3n) is 4.11. The fourth-order valence-electron chi connectivity index (χ4n) is 2.71. The molecule has 26 heavy (non-hydrogen) atoms. The van der Waals surface area contributed by atoms with Crippen molar-refractivity contribution >= 4 is 5.69 Å².